The number of guanidine groups is 1. The first kappa shape index (κ1) is 22.0. The molecule has 0 unspecified atom stereocenters. The van der Waals surface area contributed by atoms with Crippen molar-refractivity contribution in [1.82, 2.24) is 24.3 Å². The molecule has 0 fully saturated rings. The predicted molar refractivity (Wildman–Crippen MR) is 125 cm³/mol. The topological polar surface area (TPSA) is 50.4 Å². The van der Waals surface area contributed by atoms with Crippen LogP contribution in [-0.2, 0) is 26.7 Å². The van der Waals surface area contributed by atoms with Crippen LogP contribution in [0.5, 0.6) is 0 Å². The minimum Gasteiger partial charge on any atom is -0.357 e. The number of aromatic nitrogens is 3. The first-order chi connectivity index (χ1) is 13.2. The number of nitrogens with one attached hydrogen (secondary N) is 1. The van der Waals surface area contributed by atoms with Gasteiger partial charge in [-0.1, -0.05) is 24.3 Å². The van der Waals surface area contributed by atoms with Crippen LogP contribution in [0.2, 0.25) is 0 Å². The second-order valence-corrected chi connectivity index (χ2v) is 6.69. The number of imidazole rings is 1. The van der Waals surface area contributed by atoms with Crippen LogP contribution in [0.3, 0.4) is 0 Å². The van der Waals surface area contributed by atoms with Gasteiger partial charge >= 0.3 is 0 Å². The number of aryl methyl sites for hydroxylation is 1. The van der Waals surface area contributed by atoms with Crippen LogP contribution in [0.15, 0.2) is 66.3 Å². The molecule has 3 rings (SSSR count). The number of aliphatic imine (C=N–C) groups is 1. The number of halogens is 1. The molecular weight excluding hydrogens is 463 g/mol. The number of rotatable bonds is 7. The summed E-state index contributed by atoms with van der Waals surface area (Å²) < 4.78 is 4.21. The minimum atomic E-state index is 0. The monoisotopic (exact) mass is 492 g/mol. The second-order valence-electron chi connectivity index (χ2n) is 6.69. The third kappa shape index (κ3) is 6.12. The molecule has 0 bridgehead atoms. The number of hydrogen-bond donors (Lipinski definition) is 1. The van der Waals surface area contributed by atoms with Crippen LogP contribution in [0, 0.1) is 0 Å². The normalized spacial score (nSPS) is 11.2. The van der Waals surface area contributed by atoms with Crippen LogP contribution in [0.1, 0.15) is 23.7 Å². The summed E-state index contributed by atoms with van der Waals surface area (Å²) in [5, 5.41) is 3.39. The van der Waals surface area contributed by atoms with Crippen molar-refractivity contribution < 1.29 is 0 Å². The number of hydrogen-bond acceptors (Lipinski definition) is 2. The minimum absolute atomic E-state index is 0. The third-order valence-corrected chi connectivity index (χ3v) is 4.47. The molecule has 3 aromatic rings. The SMILES string of the molecule is CCNC(=NCc1cccc(Cn2ccnc2)c1)N(C)Cc1cccn1C.I. The van der Waals surface area contributed by atoms with Crippen molar-refractivity contribution in [2.45, 2.75) is 26.6 Å². The van der Waals surface area contributed by atoms with E-state index in [-0.39, 0.29) is 24.0 Å². The molecule has 6 nitrogen and oxygen atoms in total. The Morgan fingerprint density at radius 1 is 1.18 bits per heavy atom. The molecule has 2 heterocycles. The maximum absolute atomic E-state index is 4.84. The summed E-state index contributed by atoms with van der Waals surface area (Å²) in [6.07, 6.45) is 7.69. The Kier molecular flexibility index (Phi) is 8.56. The van der Waals surface area contributed by atoms with E-state index < -0.39 is 0 Å². The highest BCUT2D eigenvalue weighted by Crippen LogP contribution is 2.09. The summed E-state index contributed by atoms with van der Waals surface area (Å²) in [4.78, 5) is 11.1. The van der Waals surface area contributed by atoms with Gasteiger partial charge in [0, 0.05) is 51.5 Å². The molecule has 7 heteroatoms. The largest absolute Gasteiger partial charge is 0.357 e. The summed E-state index contributed by atoms with van der Waals surface area (Å²) in [6.45, 7) is 5.23. The second kappa shape index (κ2) is 10.9. The molecule has 0 atom stereocenters. The van der Waals surface area contributed by atoms with Crippen LogP contribution in [0.4, 0.5) is 0 Å². The molecule has 0 radical (unpaired) electrons. The fourth-order valence-corrected chi connectivity index (χ4v) is 3.03. The highest BCUT2D eigenvalue weighted by molar-refractivity contribution is 14.0. The van der Waals surface area contributed by atoms with E-state index in [0.717, 1.165) is 25.6 Å². The molecule has 0 aliphatic heterocycles. The number of nitrogens with zero attached hydrogens (tertiary/aromatic N) is 5. The number of benzene rings is 1. The van der Waals surface area contributed by atoms with Crippen molar-refractivity contribution >= 4 is 29.9 Å². The lowest BCUT2D eigenvalue weighted by Crippen LogP contribution is -2.38. The van der Waals surface area contributed by atoms with E-state index >= 15 is 0 Å². The maximum atomic E-state index is 4.84. The molecule has 0 aliphatic rings. The van der Waals surface area contributed by atoms with Crippen LogP contribution >= 0.6 is 24.0 Å². The third-order valence-electron chi connectivity index (χ3n) is 4.47. The molecule has 0 spiro atoms. The van der Waals surface area contributed by atoms with E-state index in [0.29, 0.717) is 6.54 Å². The Bertz CT molecular complexity index is 869. The fourth-order valence-electron chi connectivity index (χ4n) is 3.03. The summed E-state index contributed by atoms with van der Waals surface area (Å²) >= 11 is 0. The molecule has 0 saturated carbocycles. The predicted octanol–water partition coefficient (Wildman–Crippen LogP) is 3.49. The van der Waals surface area contributed by atoms with Gasteiger partial charge in [-0.05, 0) is 30.2 Å². The van der Waals surface area contributed by atoms with Crippen LogP contribution in [-0.4, -0.2) is 38.6 Å². The first-order valence-electron chi connectivity index (χ1n) is 9.29. The Hall–Kier alpha value is -2.29. The van der Waals surface area contributed by atoms with Gasteiger partial charge in [0.25, 0.3) is 0 Å². The van der Waals surface area contributed by atoms with E-state index in [1.807, 2.05) is 12.5 Å². The standard InChI is InChI=1S/C21H28N6.HI/c1-4-23-21(26(3)16-20-9-6-11-25(20)2)24-14-18-7-5-8-19(13-18)15-27-12-10-22-17-27;/h5-13,17H,4,14-16H2,1-3H3,(H,23,24);1H. The Morgan fingerprint density at radius 3 is 2.68 bits per heavy atom. The van der Waals surface area contributed by atoms with Gasteiger partial charge < -0.3 is 19.4 Å². The van der Waals surface area contributed by atoms with E-state index in [1.54, 1.807) is 6.20 Å². The van der Waals surface area contributed by atoms with E-state index in [2.05, 4.69) is 87.9 Å². The Balaban J connectivity index is 0.00000280. The van der Waals surface area contributed by atoms with Gasteiger partial charge in [-0.3, -0.25) is 0 Å². The van der Waals surface area contributed by atoms with Crippen molar-refractivity contribution in [1.29, 1.82) is 0 Å². The lowest BCUT2D eigenvalue weighted by Gasteiger charge is -2.22. The van der Waals surface area contributed by atoms with Gasteiger partial charge in [-0.15, -0.1) is 24.0 Å². The zero-order valence-corrected chi connectivity index (χ0v) is 19.1. The average molecular weight is 492 g/mol. The van der Waals surface area contributed by atoms with E-state index in [4.69, 9.17) is 4.99 Å². The first-order valence-corrected chi connectivity index (χ1v) is 9.29. The maximum Gasteiger partial charge on any atom is 0.194 e. The molecule has 150 valence electrons. The zero-order valence-electron chi connectivity index (χ0n) is 16.7. The highest BCUT2D eigenvalue weighted by Gasteiger charge is 2.08. The summed E-state index contributed by atoms with van der Waals surface area (Å²) in [6, 6.07) is 12.8. The van der Waals surface area contributed by atoms with Crippen molar-refractivity contribution in [2.75, 3.05) is 13.6 Å². The summed E-state index contributed by atoms with van der Waals surface area (Å²) in [5.41, 5.74) is 3.71. The molecule has 0 saturated heterocycles. The molecule has 28 heavy (non-hydrogen) atoms. The van der Waals surface area contributed by atoms with Gasteiger partial charge in [0.2, 0.25) is 0 Å². The summed E-state index contributed by atoms with van der Waals surface area (Å²) in [5.74, 6) is 0.915. The van der Waals surface area contributed by atoms with Gasteiger partial charge in [-0.25, -0.2) is 9.98 Å². The summed E-state index contributed by atoms with van der Waals surface area (Å²) in [7, 11) is 4.14. The lowest BCUT2D eigenvalue weighted by molar-refractivity contribution is 0.462. The quantitative estimate of drug-likeness (QED) is 0.312. The fraction of sp³-hybridized carbons (Fsp3) is 0.333. The Morgan fingerprint density at radius 2 is 2.00 bits per heavy atom. The van der Waals surface area contributed by atoms with Crippen molar-refractivity contribution in [3.8, 4) is 0 Å². The van der Waals surface area contributed by atoms with Crippen molar-refractivity contribution in [3.05, 3.63) is 78.1 Å². The molecule has 0 amide bonds. The van der Waals surface area contributed by atoms with Gasteiger partial charge in [0.1, 0.15) is 0 Å². The molecule has 2 aromatic heterocycles. The van der Waals surface area contributed by atoms with Crippen molar-refractivity contribution in [3.63, 3.8) is 0 Å². The lowest BCUT2D eigenvalue weighted by atomic mass is 10.1. The van der Waals surface area contributed by atoms with Gasteiger partial charge in [-0.2, -0.15) is 0 Å². The molecule has 1 aromatic carbocycles. The van der Waals surface area contributed by atoms with Gasteiger partial charge in [0.15, 0.2) is 5.96 Å². The Labute approximate surface area is 184 Å². The molecule has 1 N–H and O–H groups in total. The highest BCUT2D eigenvalue weighted by atomic mass is 127. The van der Waals surface area contributed by atoms with Crippen molar-refractivity contribution in [2.24, 2.45) is 12.0 Å². The van der Waals surface area contributed by atoms with Crippen LogP contribution in [0.25, 0.3) is 0 Å². The average Bonchev–Trinajstić information content (AvgIpc) is 3.31. The van der Waals surface area contributed by atoms with E-state index in [9.17, 15) is 0 Å². The molecule has 0 aliphatic carbocycles. The smallest absolute Gasteiger partial charge is 0.194 e. The molecular formula is C21H29IN6. The zero-order chi connectivity index (χ0) is 19.1. The van der Waals surface area contributed by atoms with Crippen LogP contribution < -0.4 is 5.32 Å². The van der Waals surface area contributed by atoms with Gasteiger partial charge in [0.05, 0.1) is 19.4 Å². The van der Waals surface area contributed by atoms with E-state index in [1.165, 1.54) is 16.8 Å².